The van der Waals surface area contributed by atoms with E-state index in [-0.39, 0.29) is 17.2 Å². The van der Waals surface area contributed by atoms with Crippen molar-refractivity contribution in [1.29, 1.82) is 0 Å². The van der Waals surface area contributed by atoms with Crippen LogP contribution in [0.25, 0.3) is 0 Å². The molecule has 0 unspecified atom stereocenters. The zero-order valence-corrected chi connectivity index (χ0v) is 16.2. The summed E-state index contributed by atoms with van der Waals surface area (Å²) in [5.74, 6) is 3.01. The van der Waals surface area contributed by atoms with Gasteiger partial charge in [0.15, 0.2) is 5.82 Å². The summed E-state index contributed by atoms with van der Waals surface area (Å²) in [6, 6.07) is 8.08. The Balaban J connectivity index is 1.58. The third kappa shape index (κ3) is 3.33. The van der Waals surface area contributed by atoms with Gasteiger partial charge in [-0.15, -0.1) is 0 Å². The molecule has 1 aromatic heterocycles. The average molecular weight is 368 g/mol. The van der Waals surface area contributed by atoms with Gasteiger partial charge in [-0.05, 0) is 50.3 Å². The second-order valence-corrected chi connectivity index (χ2v) is 7.89. The number of benzene rings is 1. The lowest BCUT2D eigenvalue weighted by Crippen LogP contribution is -2.49. The number of piperidine rings is 1. The predicted octanol–water partition coefficient (Wildman–Crippen LogP) is 3.34. The van der Waals surface area contributed by atoms with E-state index in [4.69, 9.17) is 4.74 Å². The van der Waals surface area contributed by atoms with Crippen LogP contribution in [-0.2, 0) is 10.2 Å². The van der Waals surface area contributed by atoms with Gasteiger partial charge in [0.2, 0.25) is 5.91 Å². The van der Waals surface area contributed by atoms with Gasteiger partial charge in [-0.25, -0.2) is 4.98 Å². The molecule has 1 N–H and O–H groups in total. The largest absolute Gasteiger partial charge is 0.497 e. The lowest BCUT2D eigenvalue weighted by atomic mass is 9.77. The van der Waals surface area contributed by atoms with Gasteiger partial charge in [-0.3, -0.25) is 9.89 Å². The lowest BCUT2D eigenvalue weighted by Gasteiger charge is -2.39. The predicted molar refractivity (Wildman–Crippen MR) is 103 cm³/mol. The highest BCUT2D eigenvalue weighted by Crippen LogP contribution is 2.44. The molecule has 2 fully saturated rings. The van der Waals surface area contributed by atoms with Crippen molar-refractivity contribution < 1.29 is 9.53 Å². The number of amides is 1. The molecule has 1 saturated carbocycles. The number of hydrogen-bond acceptors (Lipinski definition) is 4. The Labute approximate surface area is 160 Å². The van der Waals surface area contributed by atoms with E-state index in [0.717, 1.165) is 68.0 Å². The Morgan fingerprint density at radius 3 is 2.59 bits per heavy atom. The van der Waals surface area contributed by atoms with E-state index in [1.807, 2.05) is 19.1 Å². The number of nitrogens with zero attached hydrogens (tertiary/aromatic N) is 3. The van der Waals surface area contributed by atoms with Crippen LogP contribution in [0.2, 0.25) is 0 Å². The van der Waals surface area contributed by atoms with Gasteiger partial charge in [0.25, 0.3) is 0 Å². The van der Waals surface area contributed by atoms with E-state index in [1.54, 1.807) is 7.11 Å². The van der Waals surface area contributed by atoms with Gasteiger partial charge in [-0.1, -0.05) is 25.0 Å². The van der Waals surface area contributed by atoms with Crippen molar-refractivity contribution in [2.24, 2.45) is 0 Å². The zero-order valence-electron chi connectivity index (χ0n) is 16.2. The van der Waals surface area contributed by atoms with Crippen LogP contribution < -0.4 is 4.74 Å². The number of likely N-dealkylation sites (tertiary alicyclic amines) is 1. The minimum atomic E-state index is -0.386. The Kier molecular flexibility index (Phi) is 4.89. The zero-order chi connectivity index (χ0) is 18.9. The van der Waals surface area contributed by atoms with Crippen molar-refractivity contribution in [3.63, 3.8) is 0 Å². The molecule has 0 radical (unpaired) electrons. The van der Waals surface area contributed by atoms with Gasteiger partial charge in [0.1, 0.15) is 11.6 Å². The van der Waals surface area contributed by atoms with Crippen molar-refractivity contribution >= 4 is 5.91 Å². The topological polar surface area (TPSA) is 71.1 Å². The van der Waals surface area contributed by atoms with Crippen molar-refractivity contribution in [2.75, 3.05) is 20.2 Å². The van der Waals surface area contributed by atoms with Crippen molar-refractivity contribution in [3.8, 4) is 5.75 Å². The Hall–Kier alpha value is -2.37. The molecular formula is C21H28N4O2. The molecule has 2 aliphatic rings. The molecule has 0 bridgehead atoms. The molecule has 1 saturated heterocycles. The minimum Gasteiger partial charge on any atom is -0.497 e. The quantitative estimate of drug-likeness (QED) is 0.898. The maximum atomic E-state index is 13.7. The summed E-state index contributed by atoms with van der Waals surface area (Å²) >= 11 is 0. The minimum absolute atomic E-state index is 0.224. The molecule has 1 aliphatic carbocycles. The fraction of sp³-hybridized carbons (Fsp3) is 0.571. The molecule has 4 rings (SSSR count). The van der Waals surface area contributed by atoms with Gasteiger partial charge in [0.05, 0.1) is 12.5 Å². The first-order valence-corrected chi connectivity index (χ1v) is 9.95. The molecule has 2 heterocycles. The standard InChI is InChI=1S/C21H28N4O2/c1-15-22-19(24-23-15)16-6-5-13-25(14-16)20(26)21(11-3-4-12-21)17-7-9-18(27-2)10-8-17/h7-10,16H,3-6,11-14H2,1-2H3,(H,22,23,24)/t16-/m1/s1. The number of rotatable bonds is 4. The fourth-order valence-corrected chi connectivity index (χ4v) is 4.73. The molecule has 1 aromatic carbocycles. The number of aromatic amines is 1. The first-order chi connectivity index (χ1) is 13.1. The van der Waals surface area contributed by atoms with E-state index >= 15 is 0 Å². The summed E-state index contributed by atoms with van der Waals surface area (Å²) in [6.45, 7) is 3.46. The summed E-state index contributed by atoms with van der Waals surface area (Å²) < 4.78 is 5.29. The number of hydrogen-bond donors (Lipinski definition) is 1. The second kappa shape index (κ2) is 7.33. The highest BCUT2D eigenvalue weighted by atomic mass is 16.5. The number of ether oxygens (including phenoxy) is 1. The molecular weight excluding hydrogens is 340 g/mol. The molecule has 6 nitrogen and oxygen atoms in total. The first-order valence-electron chi connectivity index (χ1n) is 9.95. The summed E-state index contributed by atoms with van der Waals surface area (Å²) in [5.41, 5.74) is 0.741. The molecule has 1 aliphatic heterocycles. The molecule has 27 heavy (non-hydrogen) atoms. The van der Waals surface area contributed by atoms with Crippen LogP contribution in [-0.4, -0.2) is 46.2 Å². The van der Waals surface area contributed by atoms with Crippen LogP contribution in [0.3, 0.4) is 0 Å². The van der Waals surface area contributed by atoms with Crippen LogP contribution in [0.4, 0.5) is 0 Å². The van der Waals surface area contributed by atoms with E-state index in [9.17, 15) is 4.79 Å². The smallest absolute Gasteiger partial charge is 0.233 e. The van der Waals surface area contributed by atoms with Crippen LogP contribution >= 0.6 is 0 Å². The second-order valence-electron chi connectivity index (χ2n) is 7.89. The number of aryl methyl sites for hydroxylation is 1. The normalized spacial score (nSPS) is 22.0. The first kappa shape index (κ1) is 18.0. The van der Waals surface area contributed by atoms with E-state index in [1.165, 1.54) is 0 Å². The number of aromatic nitrogens is 3. The van der Waals surface area contributed by atoms with E-state index in [0.29, 0.717) is 6.54 Å². The molecule has 6 heteroatoms. The van der Waals surface area contributed by atoms with Gasteiger partial charge in [-0.2, -0.15) is 5.10 Å². The maximum Gasteiger partial charge on any atom is 0.233 e. The Bertz CT molecular complexity index is 793. The number of carbonyl (C=O) groups is 1. The average Bonchev–Trinajstić information content (AvgIpc) is 3.38. The Morgan fingerprint density at radius 1 is 1.22 bits per heavy atom. The molecule has 144 valence electrons. The van der Waals surface area contributed by atoms with E-state index < -0.39 is 0 Å². The molecule has 0 spiro atoms. The number of methoxy groups -OCH3 is 1. The highest BCUT2D eigenvalue weighted by molar-refractivity contribution is 5.89. The number of nitrogens with one attached hydrogen (secondary N) is 1. The van der Waals surface area contributed by atoms with Gasteiger partial charge >= 0.3 is 0 Å². The number of carbonyl (C=O) groups excluding carboxylic acids is 1. The van der Waals surface area contributed by atoms with Crippen LogP contribution in [0.15, 0.2) is 24.3 Å². The van der Waals surface area contributed by atoms with Crippen molar-refractivity contribution in [2.45, 2.75) is 56.8 Å². The molecule has 1 amide bonds. The summed E-state index contributed by atoms with van der Waals surface area (Å²) in [7, 11) is 1.67. The monoisotopic (exact) mass is 368 g/mol. The lowest BCUT2D eigenvalue weighted by molar-refractivity contribution is -0.138. The third-order valence-electron chi connectivity index (χ3n) is 6.20. The van der Waals surface area contributed by atoms with Crippen molar-refractivity contribution in [1.82, 2.24) is 20.1 Å². The van der Waals surface area contributed by atoms with E-state index in [2.05, 4.69) is 32.2 Å². The molecule has 2 aromatic rings. The van der Waals surface area contributed by atoms with Crippen LogP contribution in [0.1, 0.15) is 61.7 Å². The Morgan fingerprint density at radius 2 is 1.96 bits per heavy atom. The van der Waals surface area contributed by atoms with Gasteiger partial charge in [0, 0.05) is 19.0 Å². The van der Waals surface area contributed by atoms with Gasteiger partial charge < -0.3 is 9.64 Å². The third-order valence-corrected chi connectivity index (χ3v) is 6.20. The summed E-state index contributed by atoms with van der Waals surface area (Å²) in [6.07, 6.45) is 6.11. The van der Waals surface area contributed by atoms with Crippen molar-refractivity contribution in [3.05, 3.63) is 41.5 Å². The highest BCUT2D eigenvalue weighted by Gasteiger charge is 2.45. The number of H-pyrrole nitrogens is 1. The summed E-state index contributed by atoms with van der Waals surface area (Å²) in [5, 5.41) is 7.27. The fourth-order valence-electron chi connectivity index (χ4n) is 4.73. The van der Waals surface area contributed by atoms with Crippen LogP contribution in [0.5, 0.6) is 5.75 Å². The van der Waals surface area contributed by atoms with Crippen LogP contribution in [0, 0.1) is 6.92 Å². The SMILES string of the molecule is COc1ccc(C2(C(=O)N3CCC[C@@H](c4n[nH]c(C)n4)C3)CCCC2)cc1. The summed E-state index contributed by atoms with van der Waals surface area (Å²) in [4.78, 5) is 20.3. The maximum absolute atomic E-state index is 13.7. The molecule has 1 atom stereocenters.